The van der Waals surface area contributed by atoms with Crippen LogP contribution in [0.1, 0.15) is 0 Å². The summed E-state index contributed by atoms with van der Waals surface area (Å²) in [5, 5.41) is 13.4. The molecule has 150 valence electrons. The van der Waals surface area contributed by atoms with Gasteiger partial charge in [-0.3, -0.25) is 10.2 Å². The fourth-order valence-corrected chi connectivity index (χ4v) is 6.30. The lowest BCUT2D eigenvalue weighted by molar-refractivity contribution is 0.0545. The zero-order valence-electron chi connectivity index (χ0n) is 15.2. The number of nitrogens with zero attached hydrogens (tertiary/aromatic N) is 3. The number of sulfone groups is 1. The molecule has 1 aromatic heterocycles. The van der Waals surface area contributed by atoms with Crippen molar-refractivity contribution in [3.8, 4) is 10.4 Å². The van der Waals surface area contributed by atoms with Crippen LogP contribution in [0.15, 0.2) is 36.5 Å². The minimum absolute atomic E-state index is 0.0122. The maximum Gasteiger partial charge on any atom is 0.323 e. The third-order valence-electron chi connectivity index (χ3n) is 5.14. The van der Waals surface area contributed by atoms with Gasteiger partial charge in [-0.05, 0) is 5.56 Å². The second kappa shape index (κ2) is 7.78. The van der Waals surface area contributed by atoms with Gasteiger partial charge >= 0.3 is 6.03 Å². The van der Waals surface area contributed by atoms with Crippen molar-refractivity contribution in [3.05, 3.63) is 36.5 Å². The number of carbonyl (C=O) groups is 1. The first-order valence-electron chi connectivity index (χ1n) is 9.11. The summed E-state index contributed by atoms with van der Waals surface area (Å²) < 4.78 is 23.4. The van der Waals surface area contributed by atoms with Gasteiger partial charge in [0.25, 0.3) is 0 Å². The third-order valence-corrected chi connectivity index (χ3v) is 7.80. The van der Waals surface area contributed by atoms with E-state index in [4.69, 9.17) is 0 Å². The number of piperazine rings is 1. The number of nitrogens with one attached hydrogen (secondary N) is 1. The molecule has 2 N–H and O–H groups in total. The maximum atomic E-state index is 12.5. The summed E-state index contributed by atoms with van der Waals surface area (Å²) in [4.78, 5) is 21.4. The van der Waals surface area contributed by atoms with Crippen LogP contribution in [-0.4, -0.2) is 84.2 Å². The number of aromatic nitrogens is 1. The maximum absolute atomic E-state index is 12.5. The minimum atomic E-state index is -3.18. The molecule has 2 aliphatic heterocycles. The van der Waals surface area contributed by atoms with Gasteiger partial charge in [-0.1, -0.05) is 41.7 Å². The molecule has 10 heteroatoms. The first-order valence-corrected chi connectivity index (χ1v) is 11.7. The van der Waals surface area contributed by atoms with E-state index in [1.165, 1.54) is 11.3 Å². The van der Waals surface area contributed by atoms with Gasteiger partial charge in [-0.15, -0.1) is 0 Å². The summed E-state index contributed by atoms with van der Waals surface area (Å²) in [6.07, 6.45) is 0.896. The Bertz CT molecular complexity index is 940. The molecule has 2 saturated heterocycles. The van der Waals surface area contributed by atoms with Crippen LogP contribution in [0.2, 0.25) is 0 Å². The van der Waals surface area contributed by atoms with Crippen LogP contribution in [0, 0.1) is 0 Å². The molecule has 2 aliphatic rings. The van der Waals surface area contributed by atoms with Crippen molar-refractivity contribution in [3.63, 3.8) is 0 Å². The number of anilines is 1. The number of aliphatic hydroxyl groups is 1. The number of urea groups is 1. The molecule has 1 aromatic carbocycles. The van der Waals surface area contributed by atoms with Crippen molar-refractivity contribution in [2.75, 3.05) is 43.0 Å². The van der Waals surface area contributed by atoms with E-state index in [9.17, 15) is 18.3 Å². The Hall–Kier alpha value is -2.01. The molecule has 2 aromatic rings. The molecule has 0 bridgehead atoms. The molecule has 0 spiro atoms. The quantitative estimate of drug-likeness (QED) is 0.768. The van der Waals surface area contributed by atoms with Gasteiger partial charge in [0.2, 0.25) is 0 Å². The molecule has 8 nitrogen and oxygen atoms in total. The number of hydrogen-bond donors (Lipinski definition) is 2. The predicted molar refractivity (Wildman–Crippen MR) is 108 cm³/mol. The fourth-order valence-electron chi connectivity index (χ4n) is 3.65. The Kier molecular flexibility index (Phi) is 5.37. The molecule has 4 rings (SSSR count). The highest BCUT2D eigenvalue weighted by Gasteiger charge is 2.41. The van der Waals surface area contributed by atoms with E-state index in [1.54, 1.807) is 11.1 Å². The number of hydrogen-bond acceptors (Lipinski definition) is 7. The van der Waals surface area contributed by atoms with E-state index in [-0.39, 0.29) is 23.6 Å². The molecule has 2 atom stereocenters. The summed E-state index contributed by atoms with van der Waals surface area (Å²) in [5.74, 6) is -0.187. The second-order valence-corrected chi connectivity index (χ2v) is 10.2. The van der Waals surface area contributed by atoms with Crippen LogP contribution in [-0.2, 0) is 9.84 Å². The summed E-state index contributed by atoms with van der Waals surface area (Å²) in [6, 6.07) is 9.27. The average Bonchev–Trinajstić information content (AvgIpc) is 3.26. The van der Waals surface area contributed by atoms with Gasteiger partial charge in [0.05, 0.1) is 28.5 Å². The number of carbonyl (C=O) groups excluding carboxylic acids is 1. The Labute approximate surface area is 167 Å². The Balaban J connectivity index is 1.32. The van der Waals surface area contributed by atoms with Crippen molar-refractivity contribution in [2.45, 2.75) is 12.1 Å². The van der Waals surface area contributed by atoms with Gasteiger partial charge in [0.15, 0.2) is 15.0 Å². The van der Waals surface area contributed by atoms with Gasteiger partial charge < -0.3 is 10.0 Å². The van der Waals surface area contributed by atoms with Crippen molar-refractivity contribution >= 4 is 32.3 Å². The van der Waals surface area contributed by atoms with E-state index >= 15 is 0 Å². The van der Waals surface area contributed by atoms with Crippen LogP contribution in [0.5, 0.6) is 0 Å². The largest absolute Gasteiger partial charge is 0.390 e. The normalized spacial score (nSPS) is 25.0. The second-order valence-electron chi connectivity index (χ2n) is 7.06. The van der Waals surface area contributed by atoms with Crippen LogP contribution in [0.25, 0.3) is 10.4 Å². The number of benzene rings is 1. The lowest BCUT2D eigenvalue weighted by Crippen LogP contribution is -2.55. The van der Waals surface area contributed by atoms with Gasteiger partial charge in [0.1, 0.15) is 0 Å². The Morgan fingerprint density at radius 1 is 1.14 bits per heavy atom. The fraction of sp³-hybridized carbons (Fsp3) is 0.444. The van der Waals surface area contributed by atoms with E-state index in [2.05, 4.69) is 10.3 Å². The zero-order chi connectivity index (χ0) is 19.7. The molecule has 2 amide bonds. The van der Waals surface area contributed by atoms with E-state index in [1.807, 2.05) is 35.2 Å². The molecule has 0 aliphatic carbocycles. The van der Waals surface area contributed by atoms with Crippen LogP contribution in [0.4, 0.5) is 9.93 Å². The molecular weight excluding hydrogens is 400 g/mol. The highest BCUT2D eigenvalue weighted by Crippen LogP contribution is 2.29. The van der Waals surface area contributed by atoms with Gasteiger partial charge in [-0.2, -0.15) is 0 Å². The third kappa shape index (κ3) is 4.19. The topological polar surface area (TPSA) is 103 Å². The summed E-state index contributed by atoms with van der Waals surface area (Å²) >= 11 is 1.42. The first-order chi connectivity index (χ1) is 13.4. The number of amides is 2. The van der Waals surface area contributed by atoms with Gasteiger partial charge in [0, 0.05) is 32.4 Å². The van der Waals surface area contributed by atoms with Crippen molar-refractivity contribution < 1.29 is 18.3 Å². The lowest BCUT2D eigenvalue weighted by atomic mass is 10.1. The number of aliphatic hydroxyl groups excluding tert-OH is 1. The monoisotopic (exact) mass is 422 g/mol. The number of rotatable bonds is 3. The molecule has 2 fully saturated rings. The highest BCUT2D eigenvalue weighted by atomic mass is 32.2. The average molecular weight is 423 g/mol. The van der Waals surface area contributed by atoms with E-state index < -0.39 is 15.9 Å². The standard InChI is InChI=1S/C18H22N4O4S2/c23-15-12-28(25,26)11-14(15)21-6-8-22(9-7-21)18(24)20-17-19-10-16(27-17)13-4-2-1-3-5-13/h1-5,10,14-15,23H,6-9,11-12H2,(H,19,20,24)/t14-,15-/m0/s1. The molecule has 0 unspecified atom stereocenters. The molecule has 28 heavy (non-hydrogen) atoms. The molecule has 3 heterocycles. The van der Waals surface area contributed by atoms with Crippen molar-refractivity contribution in [1.29, 1.82) is 0 Å². The Morgan fingerprint density at radius 2 is 1.86 bits per heavy atom. The highest BCUT2D eigenvalue weighted by molar-refractivity contribution is 7.91. The summed E-state index contributed by atoms with van der Waals surface area (Å²) in [5.41, 5.74) is 1.05. The Morgan fingerprint density at radius 3 is 2.50 bits per heavy atom. The summed E-state index contributed by atoms with van der Waals surface area (Å²) in [6.45, 7) is 2.04. The lowest BCUT2D eigenvalue weighted by Gasteiger charge is -2.38. The SMILES string of the molecule is O=C(Nc1ncc(-c2ccccc2)s1)N1CCN([C@H]2CS(=O)(=O)C[C@@H]2O)CC1. The van der Waals surface area contributed by atoms with Crippen molar-refractivity contribution in [1.82, 2.24) is 14.8 Å². The van der Waals surface area contributed by atoms with E-state index in [0.29, 0.717) is 31.3 Å². The van der Waals surface area contributed by atoms with E-state index in [0.717, 1.165) is 10.4 Å². The zero-order valence-corrected chi connectivity index (χ0v) is 16.8. The summed E-state index contributed by atoms with van der Waals surface area (Å²) in [7, 11) is -3.18. The first kappa shape index (κ1) is 19.3. The van der Waals surface area contributed by atoms with Crippen LogP contribution >= 0.6 is 11.3 Å². The smallest absolute Gasteiger partial charge is 0.323 e. The molecule has 0 saturated carbocycles. The van der Waals surface area contributed by atoms with Crippen molar-refractivity contribution in [2.24, 2.45) is 0 Å². The minimum Gasteiger partial charge on any atom is -0.390 e. The molecular formula is C18H22N4O4S2. The predicted octanol–water partition coefficient (Wildman–Crippen LogP) is 1.12. The molecule has 0 radical (unpaired) electrons. The van der Waals surface area contributed by atoms with Crippen LogP contribution < -0.4 is 5.32 Å². The van der Waals surface area contributed by atoms with Crippen LogP contribution in [0.3, 0.4) is 0 Å². The number of thiazole rings is 1. The van der Waals surface area contributed by atoms with Gasteiger partial charge in [-0.25, -0.2) is 18.2 Å².